The van der Waals surface area contributed by atoms with E-state index in [9.17, 15) is 4.79 Å². The van der Waals surface area contributed by atoms with Crippen molar-refractivity contribution < 1.29 is 0 Å². The van der Waals surface area contributed by atoms with Gasteiger partial charge in [-0.05, 0) is 12.5 Å². The number of nitrogens with zero attached hydrogens (tertiary/aromatic N) is 5. The Morgan fingerprint density at radius 1 is 1.08 bits per heavy atom. The molecule has 0 amide bonds. The number of aromatic amines is 1. The second-order valence-corrected chi connectivity index (χ2v) is 5.44. The third-order valence-electron chi connectivity index (χ3n) is 3.95. The molecule has 7 heteroatoms. The van der Waals surface area contributed by atoms with Crippen molar-refractivity contribution in [2.24, 2.45) is 0 Å². The second kappa shape index (κ2) is 5.69. The standard InChI is InChI=1S/C17H14N6O/c1-11(12-5-3-2-4-6-12)23-16-15(22-17(23)24)21-14(9-20-16)13-7-18-10-19-8-13/h2-11H,1H3,(H,21,22,24)/t11-/m0/s1. The predicted octanol–water partition coefficient (Wildman–Crippen LogP) is 2.19. The number of H-pyrrole nitrogens is 1. The maximum Gasteiger partial charge on any atom is 0.329 e. The number of fused-ring (bicyclic) bond motifs is 1. The molecule has 0 saturated carbocycles. The Morgan fingerprint density at radius 2 is 1.83 bits per heavy atom. The third-order valence-corrected chi connectivity index (χ3v) is 3.95. The minimum absolute atomic E-state index is 0.146. The van der Waals surface area contributed by atoms with Crippen LogP contribution >= 0.6 is 0 Å². The zero-order valence-corrected chi connectivity index (χ0v) is 12.9. The molecule has 4 aromatic rings. The monoisotopic (exact) mass is 318 g/mol. The molecular formula is C17H14N6O. The van der Waals surface area contributed by atoms with E-state index < -0.39 is 0 Å². The summed E-state index contributed by atoms with van der Waals surface area (Å²) in [7, 11) is 0. The average Bonchev–Trinajstić information content (AvgIpc) is 2.97. The van der Waals surface area contributed by atoms with Crippen LogP contribution in [0, 0.1) is 0 Å². The van der Waals surface area contributed by atoms with Crippen LogP contribution in [-0.2, 0) is 0 Å². The fraction of sp³-hybridized carbons (Fsp3) is 0.118. The minimum Gasteiger partial charge on any atom is -0.289 e. The van der Waals surface area contributed by atoms with E-state index in [1.807, 2.05) is 37.3 Å². The topological polar surface area (TPSA) is 89.4 Å². The number of aromatic nitrogens is 6. The molecule has 7 nitrogen and oxygen atoms in total. The van der Waals surface area contributed by atoms with Crippen molar-refractivity contribution in [2.45, 2.75) is 13.0 Å². The molecule has 3 heterocycles. The molecule has 0 radical (unpaired) electrons. The lowest BCUT2D eigenvalue weighted by molar-refractivity contribution is 0.630. The van der Waals surface area contributed by atoms with Crippen LogP contribution in [0.25, 0.3) is 22.6 Å². The van der Waals surface area contributed by atoms with Crippen LogP contribution in [0.3, 0.4) is 0 Å². The lowest BCUT2D eigenvalue weighted by atomic mass is 10.1. The van der Waals surface area contributed by atoms with Gasteiger partial charge in [-0.15, -0.1) is 0 Å². The van der Waals surface area contributed by atoms with Gasteiger partial charge in [0.05, 0.1) is 17.9 Å². The van der Waals surface area contributed by atoms with Gasteiger partial charge in [-0.25, -0.2) is 24.7 Å². The van der Waals surface area contributed by atoms with Gasteiger partial charge in [0.2, 0.25) is 0 Å². The highest BCUT2D eigenvalue weighted by Crippen LogP contribution is 2.21. The molecule has 1 aromatic carbocycles. The quantitative estimate of drug-likeness (QED) is 0.625. The predicted molar refractivity (Wildman–Crippen MR) is 89.4 cm³/mol. The van der Waals surface area contributed by atoms with Gasteiger partial charge >= 0.3 is 5.69 Å². The summed E-state index contributed by atoms with van der Waals surface area (Å²) in [5, 5.41) is 0. The first kappa shape index (κ1) is 14.3. The summed E-state index contributed by atoms with van der Waals surface area (Å²) < 4.78 is 1.61. The van der Waals surface area contributed by atoms with Gasteiger partial charge in [0.15, 0.2) is 11.3 Å². The molecule has 118 valence electrons. The molecule has 1 N–H and O–H groups in total. The van der Waals surface area contributed by atoms with Gasteiger partial charge in [-0.3, -0.25) is 9.55 Å². The number of imidazole rings is 1. The fourth-order valence-corrected chi connectivity index (χ4v) is 2.71. The summed E-state index contributed by atoms with van der Waals surface area (Å²) in [6.45, 7) is 1.96. The Labute approximate surface area is 137 Å². The first-order chi connectivity index (χ1) is 11.7. The molecule has 4 rings (SSSR count). The molecule has 1 atom stereocenters. The number of nitrogens with one attached hydrogen (secondary N) is 1. The minimum atomic E-state index is -0.234. The van der Waals surface area contributed by atoms with Crippen molar-refractivity contribution in [3.63, 3.8) is 0 Å². The summed E-state index contributed by atoms with van der Waals surface area (Å²) in [5.41, 5.74) is 3.13. The second-order valence-electron chi connectivity index (χ2n) is 5.44. The van der Waals surface area contributed by atoms with Gasteiger partial charge in [0, 0.05) is 18.0 Å². The van der Waals surface area contributed by atoms with Gasteiger partial charge < -0.3 is 0 Å². The van der Waals surface area contributed by atoms with Crippen LogP contribution in [0.2, 0.25) is 0 Å². The maximum absolute atomic E-state index is 12.4. The molecule has 0 aliphatic rings. The van der Waals surface area contributed by atoms with E-state index in [1.165, 1.54) is 6.33 Å². The van der Waals surface area contributed by atoms with Crippen molar-refractivity contribution in [1.29, 1.82) is 0 Å². The lowest BCUT2D eigenvalue weighted by Crippen LogP contribution is -2.21. The molecule has 0 unspecified atom stereocenters. The van der Waals surface area contributed by atoms with E-state index >= 15 is 0 Å². The zero-order chi connectivity index (χ0) is 16.5. The lowest BCUT2D eigenvalue weighted by Gasteiger charge is -2.13. The molecule has 24 heavy (non-hydrogen) atoms. The van der Waals surface area contributed by atoms with E-state index in [0.717, 1.165) is 11.1 Å². The molecule has 0 spiro atoms. The van der Waals surface area contributed by atoms with Gasteiger partial charge in [-0.1, -0.05) is 30.3 Å². The summed E-state index contributed by atoms with van der Waals surface area (Å²) in [5.74, 6) is 0. The Morgan fingerprint density at radius 3 is 2.58 bits per heavy atom. The van der Waals surface area contributed by atoms with Crippen molar-refractivity contribution in [1.82, 2.24) is 29.5 Å². The van der Waals surface area contributed by atoms with Crippen molar-refractivity contribution in [3.05, 3.63) is 71.3 Å². The summed E-state index contributed by atoms with van der Waals surface area (Å²) in [6, 6.07) is 9.67. The van der Waals surface area contributed by atoms with E-state index in [4.69, 9.17) is 0 Å². The zero-order valence-electron chi connectivity index (χ0n) is 12.9. The van der Waals surface area contributed by atoms with Crippen molar-refractivity contribution in [2.75, 3.05) is 0 Å². The van der Waals surface area contributed by atoms with Crippen molar-refractivity contribution in [3.8, 4) is 11.3 Å². The summed E-state index contributed by atoms with van der Waals surface area (Å²) in [4.78, 5) is 32.1. The molecule has 0 aliphatic carbocycles. The largest absolute Gasteiger partial charge is 0.329 e. The van der Waals surface area contributed by atoms with Gasteiger partial charge in [-0.2, -0.15) is 0 Å². The summed E-state index contributed by atoms with van der Waals surface area (Å²) >= 11 is 0. The Kier molecular flexibility index (Phi) is 3.38. The smallest absolute Gasteiger partial charge is 0.289 e. The Bertz CT molecular complexity index is 1040. The first-order valence-corrected chi connectivity index (χ1v) is 7.51. The molecule has 3 aromatic heterocycles. The summed E-state index contributed by atoms with van der Waals surface area (Å²) in [6.07, 6.45) is 6.40. The fourth-order valence-electron chi connectivity index (χ4n) is 2.71. The third kappa shape index (κ3) is 2.36. The number of hydrogen-bond acceptors (Lipinski definition) is 5. The first-order valence-electron chi connectivity index (χ1n) is 7.51. The van der Waals surface area contributed by atoms with E-state index in [2.05, 4.69) is 24.9 Å². The SMILES string of the molecule is C[C@@H](c1ccccc1)n1c(=O)[nH]c2nc(-c3cncnc3)cnc21. The highest BCUT2D eigenvalue weighted by Gasteiger charge is 2.17. The van der Waals surface area contributed by atoms with E-state index in [1.54, 1.807) is 23.2 Å². The van der Waals surface area contributed by atoms with E-state index in [0.29, 0.717) is 17.0 Å². The molecule has 0 aliphatic heterocycles. The van der Waals surface area contributed by atoms with Crippen LogP contribution in [0.4, 0.5) is 0 Å². The van der Waals surface area contributed by atoms with Crippen LogP contribution in [0.15, 0.2) is 60.0 Å². The Hall–Kier alpha value is -3.35. The number of hydrogen-bond donors (Lipinski definition) is 1. The molecule has 0 bridgehead atoms. The van der Waals surface area contributed by atoms with Crippen LogP contribution < -0.4 is 5.69 Å². The van der Waals surface area contributed by atoms with Crippen LogP contribution in [0.1, 0.15) is 18.5 Å². The van der Waals surface area contributed by atoms with Crippen LogP contribution in [-0.4, -0.2) is 29.5 Å². The van der Waals surface area contributed by atoms with Gasteiger partial charge in [0.1, 0.15) is 6.33 Å². The van der Waals surface area contributed by atoms with E-state index in [-0.39, 0.29) is 11.7 Å². The number of benzene rings is 1. The van der Waals surface area contributed by atoms with Crippen LogP contribution in [0.5, 0.6) is 0 Å². The van der Waals surface area contributed by atoms with Crippen molar-refractivity contribution >= 4 is 11.3 Å². The molecular weight excluding hydrogens is 304 g/mol. The molecule has 0 fully saturated rings. The van der Waals surface area contributed by atoms with Gasteiger partial charge in [0.25, 0.3) is 0 Å². The number of rotatable bonds is 3. The molecule has 0 saturated heterocycles. The highest BCUT2D eigenvalue weighted by molar-refractivity contribution is 5.70. The normalized spacial score (nSPS) is 12.4. The highest BCUT2D eigenvalue weighted by atomic mass is 16.1. The average molecular weight is 318 g/mol. The maximum atomic E-state index is 12.4. The Balaban J connectivity index is 1.84.